The lowest BCUT2D eigenvalue weighted by atomic mass is 9.90. The van der Waals surface area contributed by atoms with E-state index in [1.807, 2.05) is 35.2 Å². The van der Waals surface area contributed by atoms with Crippen molar-refractivity contribution in [3.8, 4) is 0 Å². The number of aryl methyl sites for hydroxylation is 1. The van der Waals surface area contributed by atoms with Crippen LogP contribution in [0.2, 0.25) is 0 Å². The maximum absolute atomic E-state index is 12.7. The Balaban J connectivity index is 1.58. The maximum Gasteiger partial charge on any atom is 0.223 e. The molecule has 1 amide bonds. The van der Waals surface area contributed by atoms with Gasteiger partial charge in [-0.1, -0.05) is 13.0 Å². The molecule has 2 unspecified atom stereocenters. The smallest absolute Gasteiger partial charge is 0.223 e. The molecule has 0 aromatic carbocycles. The molecule has 23 heavy (non-hydrogen) atoms. The number of hydrogen-bond donors (Lipinski definition) is 0. The number of furan rings is 1. The molecule has 2 aromatic rings. The number of nitrogens with zero attached hydrogens (tertiary/aromatic N) is 2. The number of amides is 1. The van der Waals surface area contributed by atoms with Gasteiger partial charge in [0.25, 0.3) is 0 Å². The van der Waals surface area contributed by atoms with E-state index in [1.54, 1.807) is 12.5 Å². The van der Waals surface area contributed by atoms with E-state index < -0.39 is 0 Å². The lowest BCUT2D eigenvalue weighted by Crippen LogP contribution is -2.40. The van der Waals surface area contributed by atoms with Crippen LogP contribution in [-0.2, 0) is 11.2 Å². The molecule has 1 fully saturated rings. The van der Waals surface area contributed by atoms with Crippen molar-refractivity contribution in [1.82, 2.24) is 9.88 Å². The molecule has 0 radical (unpaired) electrons. The highest BCUT2D eigenvalue weighted by Gasteiger charge is 2.32. The summed E-state index contributed by atoms with van der Waals surface area (Å²) in [5.74, 6) is 1.77. The first-order valence-corrected chi connectivity index (χ1v) is 8.47. The van der Waals surface area contributed by atoms with Gasteiger partial charge in [0.1, 0.15) is 5.76 Å². The van der Waals surface area contributed by atoms with E-state index in [0.717, 1.165) is 43.7 Å². The van der Waals surface area contributed by atoms with E-state index in [1.165, 1.54) is 0 Å². The summed E-state index contributed by atoms with van der Waals surface area (Å²) < 4.78 is 5.57. The maximum atomic E-state index is 12.7. The van der Waals surface area contributed by atoms with E-state index in [0.29, 0.717) is 12.3 Å². The molecule has 4 heteroatoms. The molecule has 2 aromatic heterocycles. The van der Waals surface area contributed by atoms with E-state index in [9.17, 15) is 4.79 Å². The summed E-state index contributed by atoms with van der Waals surface area (Å²) in [4.78, 5) is 19.0. The molecule has 1 saturated heterocycles. The van der Waals surface area contributed by atoms with E-state index in [-0.39, 0.29) is 11.9 Å². The Bertz CT molecular complexity index is 610. The largest absolute Gasteiger partial charge is 0.467 e. The molecule has 0 N–H and O–H groups in total. The third-order valence-electron chi connectivity index (χ3n) is 4.61. The van der Waals surface area contributed by atoms with Crippen LogP contribution in [0.25, 0.3) is 0 Å². The van der Waals surface area contributed by atoms with Crippen molar-refractivity contribution >= 4 is 5.91 Å². The monoisotopic (exact) mass is 312 g/mol. The zero-order valence-corrected chi connectivity index (χ0v) is 13.6. The van der Waals surface area contributed by atoms with Crippen molar-refractivity contribution in [3.05, 3.63) is 54.2 Å². The molecular weight excluding hydrogens is 288 g/mol. The van der Waals surface area contributed by atoms with Crippen molar-refractivity contribution < 1.29 is 9.21 Å². The van der Waals surface area contributed by atoms with Gasteiger partial charge in [0.15, 0.2) is 0 Å². The lowest BCUT2D eigenvalue weighted by molar-refractivity contribution is -0.136. The first-order chi connectivity index (χ1) is 11.2. The van der Waals surface area contributed by atoms with E-state index in [4.69, 9.17) is 4.42 Å². The second-order valence-corrected chi connectivity index (χ2v) is 6.42. The molecule has 0 aliphatic carbocycles. The number of hydrogen-bond acceptors (Lipinski definition) is 3. The number of pyridine rings is 1. The molecule has 0 bridgehead atoms. The topological polar surface area (TPSA) is 46.3 Å². The molecule has 0 saturated carbocycles. The summed E-state index contributed by atoms with van der Waals surface area (Å²) >= 11 is 0. The van der Waals surface area contributed by atoms with Gasteiger partial charge >= 0.3 is 0 Å². The van der Waals surface area contributed by atoms with E-state index in [2.05, 4.69) is 11.9 Å². The molecule has 2 atom stereocenters. The summed E-state index contributed by atoms with van der Waals surface area (Å²) in [5.41, 5.74) is 1.05. The Labute approximate surface area is 137 Å². The molecule has 1 aliphatic heterocycles. The fourth-order valence-corrected chi connectivity index (χ4v) is 3.30. The van der Waals surface area contributed by atoms with Gasteiger partial charge in [-0.25, -0.2) is 0 Å². The highest BCUT2D eigenvalue weighted by molar-refractivity contribution is 5.76. The second kappa shape index (κ2) is 7.44. The highest BCUT2D eigenvalue weighted by Crippen LogP contribution is 2.34. The molecule has 4 nitrogen and oxygen atoms in total. The van der Waals surface area contributed by atoms with Crippen LogP contribution >= 0.6 is 0 Å². The number of piperidine rings is 1. The second-order valence-electron chi connectivity index (χ2n) is 6.42. The summed E-state index contributed by atoms with van der Waals surface area (Å²) in [6, 6.07) is 9.89. The summed E-state index contributed by atoms with van der Waals surface area (Å²) in [5, 5.41) is 0. The molecule has 122 valence electrons. The number of aromatic nitrogens is 1. The normalized spacial score (nSPS) is 21.3. The lowest BCUT2D eigenvalue weighted by Gasteiger charge is -2.37. The first kappa shape index (κ1) is 15.8. The number of rotatable bonds is 5. The molecule has 0 spiro atoms. The van der Waals surface area contributed by atoms with Crippen molar-refractivity contribution in [3.63, 3.8) is 0 Å². The van der Waals surface area contributed by atoms with Crippen molar-refractivity contribution in [2.24, 2.45) is 5.92 Å². The third-order valence-corrected chi connectivity index (χ3v) is 4.61. The van der Waals surface area contributed by atoms with Gasteiger partial charge in [-0.3, -0.25) is 9.78 Å². The summed E-state index contributed by atoms with van der Waals surface area (Å²) in [6.45, 7) is 3.08. The fourth-order valence-electron chi connectivity index (χ4n) is 3.30. The van der Waals surface area contributed by atoms with Gasteiger partial charge in [-0.2, -0.15) is 0 Å². The Morgan fingerprint density at radius 3 is 3.00 bits per heavy atom. The van der Waals surface area contributed by atoms with Crippen LogP contribution in [0.1, 0.15) is 50.1 Å². The van der Waals surface area contributed by atoms with Gasteiger partial charge in [0.2, 0.25) is 5.91 Å². The zero-order chi connectivity index (χ0) is 16.1. The van der Waals surface area contributed by atoms with Crippen LogP contribution in [0, 0.1) is 5.92 Å². The highest BCUT2D eigenvalue weighted by atomic mass is 16.3. The summed E-state index contributed by atoms with van der Waals surface area (Å²) in [6.07, 6.45) is 7.81. The van der Waals surface area contributed by atoms with Crippen molar-refractivity contribution in [1.29, 1.82) is 0 Å². The van der Waals surface area contributed by atoms with Crippen LogP contribution in [0.4, 0.5) is 0 Å². The average Bonchev–Trinajstić information content (AvgIpc) is 3.10. The van der Waals surface area contributed by atoms with Crippen LogP contribution in [0.3, 0.4) is 0 Å². The SMILES string of the molecule is CC1CCN(C(=O)CCCc2ccccn2)C(c2ccco2)C1. The quantitative estimate of drug-likeness (QED) is 0.838. The van der Waals surface area contributed by atoms with Gasteiger partial charge in [0.05, 0.1) is 12.3 Å². The third kappa shape index (κ3) is 4.01. The number of likely N-dealkylation sites (tertiary alicyclic amines) is 1. The van der Waals surface area contributed by atoms with Crippen LogP contribution < -0.4 is 0 Å². The van der Waals surface area contributed by atoms with Crippen molar-refractivity contribution in [2.45, 2.75) is 45.1 Å². The number of carbonyl (C=O) groups excluding carboxylic acids is 1. The summed E-state index contributed by atoms with van der Waals surface area (Å²) in [7, 11) is 0. The van der Waals surface area contributed by atoms with Gasteiger partial charge in [0, 0.05) is 24.9 Å². The Morgan fingerprint density at radius 2 is 2.26 bits per heavy atom. The Hall–Kier alpha value is -2.10. The van der Waals surface area contributed by atoms with Crippen LogP contribution in [0.5, 0.6) is 0 Å². The molecule has 3 rings (SSSR count). The predicted molar refractivity (Wildman–Crippen MR) is 88.7 cm³/mol. The van der Waals surface area contributed by atoms with Gasteiger partial charge < -0.3 is 9.32 Å². The number of carbonyl (C=O) groups is 1. The minimum absolute atomic E-state index is 0.0936. The molecule has 3 heterocycles. The predicted octanol–water partition coefficient (Wildman–Crippen LogP) is 4.00. The first-order valence-electron chi connectivity index (χ1n) is 8.47. The van der Waals surface area contributed by atoms with Gasteiger partial charge in [-0.05, 0) is 55.9 Å². The van der Waals surface area contributed by atoms with Crippen molar-refractivity contribution in [2.75, 3.05) is 6.54 Å². The average molecular weight is 312 g/mol. The minimum atomic E-state index is 0.0936. The standard InChI is InChI=1S/C19H24N2O2/c1-15-10-12-21(17(14-15)18-8-5-13-23-18)19(22)9-4-7-16-6-2-3-11-20-16/h2-3,5-6,8,11,13,15,17H,4,7,9-10,12,14H2,1H3. The molecule has 1 aliphatic rings. The van der Waals surface area contributed by atoms with Crippen LogP contribution in [-0.4, -0.2) is 22.3 Å². The zero-order valence-electron chi connectivity index (χ0n) is 13.6. The molecular formula is C19H24N2O2. The van der Waals surface area contributed by atoms with E-state index >= 15 is 0 Å². The Morgan fingerprint density at radius 1 is 1.35 bits per heavy atom. The minimum Gasteiger partial charge on any atom is -0.467 e. The fraction of sp³-hybridized carbons (Fsp3) is 0.474. The van der Waals surface area contributed by atoms with Gasteiger partial charge in [-0.15, -0.1) is 0 Å². The van der Waals surface area contributed by atoms with Crippen LogP contribution in [0.15, 0.2) is 47.2 Å². The Kier molecular flexibility index (Phi) is 5.11.